The Morgan fingerprint density at radius 3 is 2.48 bits per heavy atom. The smallest absolute Gasteiger partial charge is 0.406 e. The molecule has 120 valence electrons. The van der Waals surface area contributed by atoms with Gasteiger partial charge in [0.2, 0.25) is 0 Å². The molecule has 1 N–H and O–H groups in total. The van der Waals surface area contributed by atoms with Crippen molar-refractivity contribution in [1.82, 2.24) is 0 Å². The lowest BCUT2D eigenvalue weighted by atomic mass is 10.1. The van der Waals surface area contributed by atoms with Gasteiger partial charge in [0.1, 0.15) is 5.75 Å². The maximum absolute atomic E-state index is 12.3. The van der Waals surface area contributed by atoms with Crippen LogP contribution in [0.25, 0.3) is 0 Å². The first-order valence-electron chi connectivity index (χ1n) is 6.78. The quantitative estimate of drug-likeness (QED) is 0.944. The van der Waals surface area contributed by atoms with E-state index in [-0.39, 0.29) is 12.1 Å². The van der Waals surface area contributed by atoms with E-state index >= 15 is 0 Å². The third-order valence-electron chi connectivity index (χ3n) is 3.50. The summed E-state index contributed by atoms with van der Waals surface area (Å²) in [6, 6.07) is 12.6. The highest BCUT2D eigenvalue weighted by molar-refractivity contribution is 6.03. The van der Waals surface area contributed by atoms with Crippen LogP contribution in [0.2, 0.25) is 0 Å². The van der Waals surface area contributed by atoms with Crippen LogP contribution in [0.3, 0.4) is 0 Å². The van der Waals surface area contributed by atoms with Crippen LogP contribution in [0.4, 0.5) is 18.9 Å². The highest BCUT2D eigenvalue weighted by Crippen LogP contribution is 2.39. The standard InChI is InChI=1S/C16H12F3NO3/c17-16(18,19)23-11-6-7-13-12(8-11)14(21)15(22)20(13)9-10-4-2-1-3-5-10/h1-8,14,21H,9H2. The number of carbonyl (C=O) groups is 1. The molecule has 2 aromatic rings. The van der Waals surface area contributed by atoms with Gasteiger partial charge < -0.3 is 14.7 Å². The molecule has 0 saturated heterocycles. The third kappa shape index (κ3) is 3.14. The molecule has 1 aliphatic heterocycles. The van der Waals surface area contributed by atoms with Crippen LogP contribution in [-0.4, -0.2) is 17.4 Å². The van der Waals surface area contributed by atoms with Crippen molar-refractivity contribution in [3.63, 3.8) is 0 Å². The molecule has 7 heteroatoms. The van der Waals surface area contributed by atoms with Gasteiger partial charge >= 0.3 is 6.36 Å². The number of nitrogens with zero attached hydrogens (tertiary/aromatic N) is 1. The number of ether oxygens (including phenoxy) is 1. The highest BCUT2D eigenvalue weighted by atomic mass is 19.4. The number of hydrogen-bond acceptors (Lipinski definition) is 3. The number of hydrogen-bond donors (Lipinski definition) is 1. The zero-order valence-electron chi connectivity index (χ0n) is 11.7. The number of rotatable bonds is 3. The van der Waals surface area contributed by atoms with Crippen LogP contribution >= 0.6 is 0 Å². The van der Waals surface area contributed by atoms with Gasteiger partial charge in [-0.15, -0.1) is 13.2 Å². The molecule has 4 nitrogen and oxygen atoms in total. The Bertz CT molecular complexity index is 731. The third-order valence-corrected chi connectivity index (χ3v) is 3.50. The number of halogens is 3. The maximum atomic E-state index is 12.3. The molecule has 1 aliphatic rings. The summed E-state index contributed by atoms with van der Waals surface area (Å²) in [7, 11) is 0. The molecule has 1 heterocycles. The van der Waals surface area contributed by atoms with E-state index in [4.69, 9.17) is 0 Å². The minimum atomic E-state index is -4.83. The molecule has 1 atom stereocenters. The van der Waals surface area contributed by atoms with Gasteiger partial charge in [0.15, 0.2) is 6.10 Å². The average Bonchev–Trinajstić information content (AvgIpc) is 2.72. The zero-order chi connectivity index (χ0) is 16.6. The molecule has 0 aliphatic carbocycles. The minimum absolute atomic E-state index is 0.104. The normalized spacial score (nSPS) is 17.3. The van der Waals surface area contributed by atoms with E-state index in [0.29, 0.717) is 5.69 Å². The van der Waals surface area contributed by atoms with Gasteiger partial charge in [0.25, 0.3) is 5.91 Å². The summed E-state index contributed by atoms with van der Waals surface area (Å²) in [4.78, 5) is 13.5. The van der Waals surface area contributed by atoms with E-state index in [1.807, 2.05) is 30.3 Å². The van der Waals surface area contributed by atoms with Crippen LogP contribution in [0.5, 0.6) is 5.75 Å². The topological polar surface area (TPSA) is 49.8 Å². The van der Waals surface area contributed by atoms with Gasteiger partial charge in [0, 0.05) is 5.56 Å². The Kier molecular flexibility index (Phi) is 3.73. The van der Waals surface area contributed by atoms with E-state index < -0.39 is 24.1 Å². The van der Waals surface area contributed by atoms with Gasteiger partial charge in [0.05, 0.1) is 12.2 Å². The van der Waals surface area contributed by atoms with E-state index in [9.17, 15) is 23.1 Å². The first kappa shape index (κ1) is 15.4. The lowest BCUT2D eigenvalue weighted by molar-refractivity contribution is -0.274. The molecular formula is C16H12F3NO3. The predicted octanol–water partition coefficient (Wildman–Crippen LogP) is 3.17. The van der Waals surface area contributed by atoms with Crippen molar-refractivity contribution in [2.45, 2.75) is 19.0 Å². The van der Waals surface area contributed by atoms with Gasteiger partial charge in [-0.25, -0.2) is 0 Å². The number of alkyl halides is 3. The second-order valence-electron chi connectivity index (χ2n) is 5.08. The van der Waals surface area contributed by atoms with Gasteiger partial charge in [-0.3, -0.25) is 4.79 Å². The Labute approximate surface area is 129 Å². The molecule has 1 amide bonds. The van der Waals surface area contributed by atoms with Crippen LogP contribution in [-0.2, 0) is 11.3 Å². The van der Waals surface area contributed by atoms with Crippen LogP contribution in [0.1, 0.15) is 17.2 Å². The molecule has 3 rings (SSSR count). The first-order valence-corrected chi connectivity index (χ1v) is 6.78. The number of benzene rings is 2. The van der Waals surface area contributed by atoms with E-state index in [0.717, 1.165) is 17.7 Å². The fraction of sp³-hybridized carbons (Fsp3) is 0.188. The maximum Gasteiger partial charge on any atom is 0.573 e. The number of amides is 1. The molecule has 23 heavy (non-hydrogen) atoms. The van der Waals surface area contributed by atoms with Gasteiger partial charge in [-0.2, -0.15) is 0 Å². The predicted molar refractivity (Wildman–Crippen MR) is 75.7 cm³/mol. The van der Waals surface area contributed by atoms with Crippen LogP contribution in [0, 0.1) is 0 Å². The monoisotopic (exact) mass is 323 g/mol. The second kappa shape index (κ2) is 5.58. The van der Waals surface area contributed by atoms with Crippen molar-refractivity contribution >= 4 is 11.6 Å². The summed E-state index contributed by atoms with van der Waals surface area (Å²) < 4.78 is 40.6. The van der Waals surface area contributed by atoms with E-state index in [1.165, 1.54) is 11.0 Å². The molecule has 0 bridgehead atoms. The number of aliphatic hydroxyl groups is 1. The Balaban J connectivity index is 1.91. The van der Waals surface area contributed by atoms with Crippen molar-refractivity contribution in [1.29, 1.82) is 0 Å². The van der Waals surface area contributed by atoms with Gasteiger partial charge in [-0.05, 0) is 23.8 Å². The molecule has 0 radical (unpaired) electrons. The Hall–Kier alpha value is -2.54. The Morgan fingerprint density at radius 1 is 1.13 bits per heavy atom. The highest BCUT2D eigenvalue weighted by Gasteiger charge is 2.37. The molecular weight excluding hydrogens is 311 g/mol. The van der Waals surface area contributed by atoms with E-state index in [1.54, 1.807) is 0 Å². The second-order valence-corrected chi connectivity index (χ2v) is 5.08. The van der Waals surface area contributed by atoms with Crippen molar-refractivity contribution in [2.75, 3.05) is 4.90 Å². The van der Waals surface area contributed by atoms with Crippen molar-refractivity contribution in [3.05, 3.63) is 59.7 Å². The molecule has 0 saturated carbocycles. The Morgan fingerprint density at radius 2 is 1.83 bits per heavy atom. The van der Waals surface area contributed by atoms with E-state index in [2.05, 4.69) is 4.74 Å². The van der Waals surface area contributed by atoms with Crippen molar-refractivity contribution < 1.29 is 27.8 Å². The van der Waals surface area contributed by atoms with Crippen LogP contribution in [0.15, 0.2) is 48.5 Å². The molecule has 2 aromatic carbocycles. The fourth-order valence-electron chi connectivity index (χ4n) is 2.52. The number of aliphatic hydroxyl groups excluding tert-OH is 1. The lowest BCUT2D eigenvalue weighted by Crippen LogP contribution is -2.28. The molecule has 0 fully saturated rings. The summed E-state index contributed by atoms with van der Waals surface area (Å²) in [6.45, 7) is 0.225. The molecule has 0 spiro atoms. The largest absolute Gasteiger partial charge is 0.573 e. The summed E-state index contributed by atoms with van der Waals surface area (Å²) in [5.74, 6) is -1.04. The molecule has 1 unspecified atom stereocenters. The number of anilines is 1. The SMILES string of the molecule is O=C1C(O)c2cc(OC(F)(F)F)ccc2N1Cc1ccccc1. The first-order chi connectivity index (χ1) is 10.8. The summed E-state index contributed by atoms with van der Waals surface area (Å²) in [5.41, 5.74) is 1.32. The summed E-state index contributed by atoms with van der Waals surface area (Å²) in [5, 5.41) is 9.99. The number of carbonyl (C=O) groups excluding carboxylic acids is 1. The molecule has 0 aromatic heterocycles. The average molecular weight is 323 g/mol. The van der Waals surface area contributed by atoms with Crippen molar-refractivity contribution in [3.8, 4) is 5.75 Å². The minimum Gasteiger partial charge on any atom is -0.406 e. The lowest BCUT2D eigenvalue weighted by Gasteiger charge is -2.17. The summed E-state index contributed by atoms with van der Waals surface area (Å²) in [6.07, 6.45) is -6.32. The van der Waals surface area contributed by atoms with Crippen LogP contribution < -0.4 is 9.64 Å². The van der Waals surface area contributed by atoms with Crippen molar-refractivity contribution in [2.24, 2.45) is 0 Å². The number of fused-ring (bicyclic) bond motifs is 1. The van der Waals surface area contributed by atoms with Gasteiger partial charge in [-0.1, -0.05) is 30.3 Å². The fourth-order valence-corrected chi connectivity index (χ4v) is 2.52. The summed E-state index contributed by atoms with van der Waals surface area (Å²) >= 11 is 0. The zero-order valence-corrected chi connectivity index (χ0v) is 11.7.